The van der Waals surface area contributed by atoms with Crippen LogP contribution in [0.15, 0.2) is 12.4 Å². The second-order valence-corrected chi connectivity index (χ2v) is 4.10. The van der Waals surface area contributed by atoms with Gasteiger partial charge in [0.15, 0.2) is 0 Å². The second kappa shape index (κ2) is 3.82. The van der Waals surface area contributed by atoms with Crippen LogP contribution >= 0.6 is 0 Å². The quantitative estimate of drug-likeness (QED) is 0.748. The Bertz CT molecular complexity index is 295. The highest BCUT2D eigenvalue weighted by Crippen LogP contribution is 2.26. The van der Waals surface area contributed by atoms with E-state index in [0.29, 0.717) is 17.7 Å². The number of hydrogen-bond donors (Lipinski definition) is 2. The van der Waals surface area contributed by atoms with Gasteiger partial charge in [0.1, 0.15) is 0 Å². The zero-order valence-electron chi connectivity index (χ0n) is 8.40. The summed E-state index contributed by atoms with van der Waals surface area (Å²) in [5.74, 6) is 1.51. The van der Waals surface area contributed by atoms with Gasteiger partial charge in [-0.15, -0.1) is 0 Å². The number of rotatable bonds is 2. The molecule has 0 saturated heterocycles. The number of anilines is 2. The minimum atomic E-state index is 0.536. The van der Waals surface area contributed by atoms with Crippen LogP contribution < -0.4 is 11.1 Å². The van der Waals surface area contributed by atoms with Crippen molar-refractivity contribution in [3.63, 3.8) is 0 Å². The first kappa shape index (κ1) is 9.24. The van der Waals surface area contributed by atoms with Crippen LogP contribution in [0.3, 0.4) is 0 Å². The van der Waals surface area contributed by atoms with Crippen LogP contribution in [-0.4, -0.2) is 16.0 Å². The molecule has 14 heavy (non-hydrogen) atoms. The average molecular weight is 192 g/mol. The van der Waals surface area contributed by atoms with Crippen LogP contribution in [0.1, 0.15) is 26.2 Å². The van der Waals surface area contributed by atoms with Crippen molar-refractivity contribution in [2.75, 3.05) is 11.1 Å². The maximum atomic E-state index is 5.50. The highest BCUT2D eigenvalue weighted by Gasteiger charge is 2.21. The van der Waals surface area contributed by atoms with Gasteiger partial charge in [0.2, 0.25) is 5.95 Å². The minimum absolute atomic E-state index is 0.536. The van der Waals surface area contributed by atoms with E-state index in [4.69, 9.17) is 5.73 Å². The van der Waals surface area contributed by atoms with Crippen molar-refractivity contribution in [2.24, 2.45) is 5.92 Å². The third-order valence-corrected chi connectivity index (χ3v) is 2.70. The van der Waals surface area contributed by atoms with Crippen molar-refractivity contribution in [3.8, 4) is 0 Å². The Hall–Kier alpha value is -1.32. The predicted octanol–water partition coefficient (Wildman–Crippen LogP) is 1.66. The molecule has 0 spiro atoms. The molecule has 1 heterocycles. The van der Waals surface area contributed by atoms with Crippen molar-refractivity contribution in [1.82, 2.24) is 9.97 Å². The Morgan fingerprint density at radius 1 is 1.36 bits per heavy atom. The molecule has 2 rings (SSSR count). The number of nitrogens with one attached hydrogen (secondary N) is 1. The minimum Gasteiger partial charge on any atom is -0.396 e. The molecule has 2 unspecified atom stereocenters. The van der Waals surface area contributed by atoms with Gasteiger partial charge in [0.05, 0.1) is 18.1 Å². The predicted molar refractivity (Wildman–Crippen MR) is 56.9 cm³/mol. The van der Waals surface area contributed by atoms with Gasteiger partial charge in [0.25, 0.3) is 0 Å². The third kappa shape index (κ3) is 2.13. The summed E-state index contributed by atoms with van der Waals surface area (Å²) in [7, 11) is 0. The number of nitrogens with two attached hydrogens (primary N) is 1. The summed E-state index contributed by atoms with van der Waals surface area (Å²) in [5, 5.41) is 3.32. The fourth-order valence-electron chi connectivity index (χ4n) is 1.93. The molecule has 4 heteroatoms. The first-order valence-electron chi connectivity index (χ1n) is 5.08. The molecule has 3 N–H and O–H groups in total. The van der Waals surface area contributed by atoms with E-state index in [-0.39, 0.29) is 0 Å². The van der Waals surface area contributed by atoms with Gasteiger partial charge >= 0.3 is 0 Å². The Morgan fingerprint density at radius 3 is 2.64 bits per heavy atom. The van der Waals surface area contributed by atoms with Gasteiger partial charge in [-0.3, -0.25) is 0 Å². The van der Waals surface area contributed by atoms with Crippen molar-refractivity contribution < 1.29 is 0 Å². The van der Waals surface area contributed by atoms with E-state index in [0.717, 1.165) is 5.92 Å². The van der Waals surface area contributed by atoms with E-state index < -0.39 is 0 Å². The highest BCUT2D eigenvalue weighted by atomic mass is 15.1. The van der Waals surface area contributed by atoms with Crippen LogP contribution in [0, 0.1) is 5.92 Å². The normalized spacial score (nSPS) is 26.4. The van der Waals surface area contributed by atoms with Gasteiger partial charge in [-0.1, -0.05) is 6.92 Å². The summed E-state index contributed by atoms with van der Waals surface area (Å²) in [6.07, 6.45) is 7.00. The summed E-state index contributed by atoms with van der Waals surface area (Å²) in [4.78, 5) is 8.24. The number of nitrogen functional groups attached to an aromatic ring is 1. The molecule has 0 aromatic carbocycles. The van der Waals surface area contributed by atoms with Crippen molar-refractivity contribution in [3.05, 3.63) is 12.4 Å². The molecule has 1 saturated carbocycles. The molecule has 0 bridgehead atoms. The van der Waals surface area contributed by atoms with Gasteiger partial charge in [-0.25, -0.2) is 9.97 Å². The van der Waals surface area contributed by atoms with Crippen molar-refractivity contribution in [1.29, 1.82) is 0 Å². The largest absolute Gasteiger partial charge is 0.396 e. The molecule has 1 aliphatic carbocycles. The average Bonchev–Trinajstić information content (AvgIpc) is 2.56. The van der Waals surface area contributed by atoms with E-state index in [1.807, 2.05) is 0 Å². The summed E-state index contributed by atoms with van der Waals surface area (Å²) in [5.41, 5.74) is 6.11. The van der Waals surface area contributed by atoms with E-state index >= 15 is 0 Å². The number of hydrogen-bond acceptors (Lipinski definition) is 4. The van der Waals surface area contributed by atoms with Crippen LogP contribution in [0.4, 0.5) is 11.6 Å². The zero-order valence-corrected chi connectivity index (χ0v) is 8.40. The summed E-state index contributed by atoms with van der Waals surface area (Å²) in [6, 6.07) is 0.536. The third-order valence-electron chi connectivity index (χ3n) is 2.70. The van der Waals surface area contributed by atoms with E-state index in [1.165, 1.54) is 19.3 Å². The van der Waals surface area contributed by atoms with Gasteiger partial charge in [0, 0.05) is 6.04 Å². The molecule has 1 aromatic rings. The number of aromatic nitrogens is 2. The SMILES string of the molecule is CC1CCC(Nc2ncc(N)cn2)C1. The summed E-state index contributed by atoms with van der Waals surface area (Å²) in [6.45, 7) is 2.28. The molecular formula is C10H16N4. The lowest BCUT2D eigenvalue weighted by Gasteiger charge is -2.11. The molecule has 0 radical (unpaired) electrons. The maximum Gasteiger partial charge on any atom is 0.222 e. The maximum absolute atomic E-state index is 5.50. The lowest BCUT2D eigenvalue weighted by molar-refractivity contribution is 0.602. The molecule has 76 valence electrons. The van der Waals surface area contributed by atoms with Gasteiger partial charge in [-0.2, -0.15) is 0 Å². The molecule has 0 amide bonds. The Morgan fingerprint density at radius 2 is 2.07 bits per heavy atom. The molecule has 0 aliphatic heterocycles. The van der Waals surface area contributed by atoms with Crippen LogP contribution in [0.5, 0.6) is 0 Å². The smallest absolute Gasteiger partial charge is 0.222 e. The first-order chi connectivity index (χ1) is 6.74. The first-order valence-corrected chi connectivity index (χ1v) is 5.08. The Balaban J connectivity index is 1.94. The standard InChI is InChI=1S/C10H16N4/c1-7-2-3-9(4-7)14-10-12-5-8(11)6-13-10/h5-7,9H,2-4,11H2,1H3,(H,12,13,14). The lowest BCUT2D eigenvalue weighted by atomic mass is 10.1. The topological polar surface area (TPSA) is 63.8 Å². The van der Waals surface area contributed by atoms with Gasteiger partial charge < -0.3 is 11.1 Å². The summed E-state index contributed by atoms with van der Waals surface area (Å²) < 4.78 is 0. The Kier molecular flexibility index (Phi) is 2.52. The molecule has 2 atom stereocenters. The fraction of sp³-hybridized carbons (Fsp3) is 0.600. The monoisotopic (exact) mass is 192 g/mol. The number of nitrogens with zero attached hydrogens (tertiary/aromatic N) is 2. The molecule has 1 aliphatic rings. The van der Waals surface area contributed by atoms with E-state index in [2.05, 4.69) is 22.2 Å². The van der Waals surface area contributed by atoms with E-state index in [1.54, 1.807) is 12.4 Å². The van der Waals surface area contributed by atoms with E-state index in [9.17, 15) is 0 Å². The van der Waals surface area contributed by atoms with Crippen molar-refractivity contribution >= 4 is 11.6 Å². The van der Waals surface area contributed by atoms with Crippen LogP contribution in [-0.2, 0) is 0 Å². The second-order valence-electron chi connectivity index (χ2n) is 4.10. The van der Waals surface area contributed by atoms with Gasteiger partial charge in [-0.05, 0) is 25.2 Å². The molecule has 1 fully saturated rings. The highest BCUT2D eigenvalue weighted by molar-refractivity contribution is 5.36. The Labute approximate surface area is 83.9 Å². The zero-order chi connectivity index (χ0) is 9.97. The van der Waals surface area contributed by atoms with Crippen molar-refractivity contribution in [2.45, 2.75) is 32.2 Å². The van der Waals surface area contributed by atoms with Crippen LogP contribution in [0.25, 0.3) is 0 Å². The fourth-order valence-corrected chi connectivity index (χ4v) is 1.93. The summed E-state index contributed by atoms with van der Waals surface area (Å²) >= 11 is 0. The molecular weight excluding hydrogens is 176 g/mol. The molecule has 1 aromatic heterocycles. The van der Waals surface area contributed by atoms with Crippen LogP contribution in [0.2, 0.25) is 0 Å². The lowest BCUT2D eigenvalue weighted by Crippen LogP contribution is -2.17. The molecule has 4 nitrogen and oxygen atoms in total.